The Morgan fingerprint density at radius 1 is 1.20 bits per heavy atom. The van der Waals surface area contributed by atoms with Crippen LogP contribution in [0.25, 0.3) is 0 Å². The highest BCUT2D eigenvalue weighted by Crippen LogP contribution is 2.37. The minimum absolute atomic E-state index is 0.153. The number of nitrogens with one attached hydrogen (secondary N) is 1. The quantitative estimate of drug-likeness (QED) is 0.904. The lowest BCUT2D eigenvalue weighted by atomic mass is 9.73. The molecule has 110 valence electrons. The molecule has 20 heavy (non-hydrogen) atoms. The summed E-state index contributed by atoms with van der Waals surface area (Å²) in [5.74, 6) is 1.25. The minimum Gasteiger partial charge on any atom is -0.382 e. The molecule has 1 heterocycles. The van der Waals surface area contributed by atoms with E-state index in [1.807, 2.05) is 6.07 Å². The lowest BCUT2D eigenvalue weighted by Gasteiger charge is -2.49. The highest BCUT2D eigenvalue weighted by Gasteiger charge is 2.39. The van der Waals surface area contributed by atoms with Crippen molar-refractivity contribution in [2.24, 2.45) is 11.8 Å². The Morgan fingerprint density at radius 2 is 1.90 bits per heavy atom. The van der Waals surface area contributed by atoms with Gasteiger partial charge in [0.2, 0.25) is 0 Å². The van der Waals surface area contributed by atoms with Gasteiger partial charge in [-0.15, -0.1) is 0 Å². The zero-order valence-electron chi connectivity index (χ0n) is 12.5. The van der Waals surface area contributed by atoms with Crippen molar-refractivity contribution in [3.8, 4) is 0 Å². The number of likely N-dealkylation sites (tertiary alicyclic amines) is 1. The van der Waals surface area contributed by atoms with E-state index in [2.05, 4.69) is 24.1 Å². The van der Waals surface area contributed by atoms with Gasteiger partial charge in [-0.1, -0.05) is 12.5 Å². The van der Waals surface area contributed by atoms with Gasteiger partial charge >= 0.3 is 0 Å². The highest BCUT2D eigenvalue weighted by molar-refractivity contribution is 5.44. The van der Waals surface area contributed by atoms with E-state index in [9.17, 15) is 4.39 Å². The SMILES string of the molecule is CC(C)N1CC2CCCC(C1)C2Nc1cccc(F)c1. The maximum Gasteiger partial charge on any atom is 0.125 e. The van der Waals surface area contributed by atoms with E-state index in [-0.39, 0.29) is 5.82 Å². The van der Waals surface area contributed by atoms with Crippen LogP contribution in [0, 0.1) is 17.7 Å². The molecule has 0 spiro atoms. The summed E-state index contributed by atoms with van der Waals surface area (Å²) in [4.78, 5) is 2.61. The van der Waals surface area contributed by atoms with Crippen LogP contribution < -0.4 is 5.32 Å². The molecule has 1 N–H and O–H groups in total. The van der Waals surface area contributed by atoms with Crippen molar-refractivity contribution in [1.82, 2.24) is 4.90 Å². The van der Waals surface area contributed by atoms with Crippen LogP contribution in [-0.2, 0) is 0 Å². The third-order valence-electron chi connectivity index (χ3n) is 4.99. The maximum atomic E-state index is 13.3. The first kappa shape index (κ1) is 13.9. The Morgan fingerprint density at radius 3 is 2.50 bits per heavy atom. The zero-order valence-corrected chi connectivity index (χ0v) is 12.5. The fourth-order valence-electron chi connectivity index (χ4n) is 3.90. The van der Waals surface area contributed by atoms with Crippen molar-refractivity contribution in [3.05, 3.63) is 30.1 Å². The lowest BCUT2D eigenvalue weighted by molar-refractivity contribution is 0.0518. The van der Waals surface area contributed by atoms with Crippen molar-refractivity contribution in [1.29, 1.82) is 0 Å². The second-order valence-electron chi connectivity index (χ2n) is 6.68. The molecule has 3 rings (SSSR count). The molecule has 1 aliphatic heterocycles. The molecule has 1 aromatic carbocycles. The summed E-state index contributed by atoms with van der Waals surface area (Å²) >= 11 is 0. The van der Waals surface area contributed by atoms with Crippen LogP contribution in [-0.4, -0.2) is 30.1 Å². The Hall–Kier alpha value is -1.09. The van der Waals surface area contributed by atoms with Crippen LogP contribution in [0.15, 0.2) is 24.3 Å². The predicted molar refractivity (Wildman–Crippen MR) is 81.4 cm³/mol. The van der Waals surface area contributed by atoms with E-state index in [1.54, 1.807) is 12.1 Å². The molecule has 1 saturated heterocycles. The van der Waals surface area contributed by atoms with Crippen LogP contribution >= 0.6 is 0 Å². The minimum atomic E-state index is -0.153. The summed E-state index contributed by atoms with van der Waals surface area (Å²) in [6, 6.07) is 8.04. The number of piperidine rings is 1. The molecule has 0 amide bonds. The topological polar surface area (TPSA) is 15.3 Å². The van der Waals surface area contributed by atoms with Crippen molar-refractivity contribution in [3.63, 3.8) is 0 Å². The number of hydrogen-bond acceptors (Lipinski definition) is 2. The zero-order chi connectivity index (χ0) is 14.1. The molecule has 2 fully saturated rings. The Bertz CT molecular complexity index is 446. The number of anilines is 1. The van der Waals surface area contributed by atoms with Crippen molar-refractivity contribution in [2.45, 2.75) is 45.2 Å². The monoisotopic (exact) mass is 276 g/mol. The van der Waals surface area contributed by atoms with E-state index < -0.39 is 0 Å². The first-order chi connectivity index (χ1) is 9.63. The summed E-state index contributed by atoms with van der Waals surface area (Å²) in [7, 11) is 0. The smallest absolute Gasteiger partial charge is 0.125 e. The third-order valence-corrected chi connectivity index (χ3v) is 4.99. The second kappa shape index (κ2) is 5.72. The molecule has 0 aromatic heterocycles. The van der Waals surface area contributed by atoms with Crippen molar-refractivity contribution < 1.29 is 4.39 Å². The Balaban J connectivity index is 1.73. The molecule has 2 atom stereocenters. The molecule has 2 nitrogen and oxygen atoms in total. The third kappa shape index (κ3) is 2.83. The summed E-state index contributed by atoms with van der Waals surface area (Å²) in [5.41, 5.74) is 0.935. The first-order valence-electron chi connectivity index (χ1n) is 7.89. The molecular formula is C17H25FN2. The second-order valence-corrected chi connectivity index (χ2v) is 6.68. The summed E-state index contributed by atoms with van der Waals surface area (Å²) in [6.45, 7) is 6.94. The molecule has 2 bridgehead atoms. The van der Waals surface area contributed by atoms with Crippen molar-refractivity contribution >= 4 is 5.69 Å². The predicted octanol–water partition coefficient (Wildman–Crippen LogP) is 3.75. The number of benzene rings is 1. The Labute approximate surface area is 121 Å². The number of nitrogens with zero attached hydrogens (tertiary/aromatic N) is 1. The van der Waals surface area contributed by atoms with Gasteiger partial charge in [0.05, 0.1) is 0 Å². The van der Waals surface area contributed by atoms with E-state index in [0.717, 1.165) is 5.69 Å². The standard InChI is InChI=1S/C17H25FN2/c1-12(2)20-10-13-5-3-6-14(11-20)17(13)19-16-8-4-7-15(18)9-16/h4,7-9,12-14,17,19H,3,5-6,10-11H2,1-2H3. The molecule has 2 aliphatic rings. The van der Waals surface area contributed by atoms with E-state index in [0.29, 0.717) is 23.9 Å². The first-order valence-corrected chi connectivity index (χ1v) is 7.89. The highest BCUT2D eigenvalue weighted by atomic mass is 19.1. The van der Waals surface area contributed by atoms with Crippen molar-refractivity contribution in [2.75, 3.05) is 18.4 Å². The van der Waals surface area contributed by atoms with Gasteiger partial charge in [0.25, 0.3) is 0 Å². The largest absolute Gasteiger partial charge is 0.382 e. The molecule has 1 aliphatic carbocycles. The van der Waals surface area contributed by atoms with Gasteiger partial charge in [-0.3, -0.25) is 0 Å². The maximum absolute atomic E-state index is 13.3. The molecule has 2 unspecified atom stereocenters. The number of halogens is 1. The lowest BCUT2D eigenvalue weighted by Crippen LogP contribution is -2.56. The molecule has 3 heteroatoms. The molecule has 0 radical (unpaired) electrons. The van der Waals surface area contributed by atoms with Gasteiger partial charge in [0, 0.05) is 30.9 Å². The van der Waals surface area contributed by atoms with Gasteiger partial charge in [-0.05, 0) is 56.7 Å². The van der Waals surface area contributed by atoms with Gasteiger partial charge in [0.15, 0.2) is 0 Å². The van der Waals surface area contributed by atoms with Gasteiger partial charge < -0.3 is 10.2 Å². The number of rotatable bonds is 3. The average Bonchev–Trinajstić information content (AvgIpc) is 2.38. The van der Waals surface area contributed by atoms with Crippen LogP contribution in [0.1, 0.15) is 33.1 Å². The summed E-state index contributed by atoms with van der Waals surface area (Å²) in [5, 5.41) is 3.62. The van der Waals surface area contributed by atoms with Gasteiger partial charge in [0.1, 0.15) is 5.82 Å². The van der Waals surface area contributed by atoms with Crippen LogP contribution in [0.5, 0.6) is 0 Å². The summed E-state index contributed by atoms with van der Waals surface area (Å²) in [6.07, 6.45) is 3.95. The van der Waals surface area contributed by atoms with E-state index in [4.69, 9.17) is 0 Å². The number of fused-ring (bicyclic) bond motifs is 2. The fourth-order valence-corrected chi connectivity index (χ4v) is 3.90. The Kier molecular flexibility index (Phi) is 3.97. The average molecular weight is 276 g/mol. The number of hydrogen-bond donors (Lipinski definition) is 1. The molecule has 1 aromatic rings. The molecule has 1 saturated carbocycles. The van der Waals surface area contributed by atoms with Gasteiger partial charge in [-0.2, -0.15) is 0 Å². The molecular weight excluding hydrogens is 251 g/mol. The van der Waals surface area contributed by atoms with Gasteiger partial charge in [-0.25, -0.2) is 4.39 Å². The van der Waals surface area contributed by atoms with Crippen LogP contribution in [0.4, 0.5) is 10.1 Å². The normalized spacial score (nSPS) is 30.5. The van der Waals surface area contributed by atoms with E-state index >= 15 is 0 Å². The van der Waals surface area contributed by atoms with E-state index in [1.165, 1.54) is 38.4 Å². The fraction of sp³-hybridized carbons (Fsp3) is 0.647. The summed E-state index contributed by atoms with van der Waals surface area (Å²) < 4.78 is 13.3. The van der Waals surface area contributed by atoms with Crippen LogP contribution in [0.3, 0.4) is 0 Å². The van der Waals surface area contributed by atoms with Crippen LogP contribution in [0.2, 0.25) is 0 Å².